The Labute approximate surface area is 155 Å². The van der Waals surface area contributed by atoms with Gasteiger partial charge in [0.25, 0.3) is 0 Å². The van der Waals surface area contributed by atoms with Crippen molar-refractivity contribution in [2.45, 2.75) is 39.5 Å². The van der Waals surface area contributed by atoms with E-state index in [2.05, 4.69) is 96.7 Å². The van der Waals surface area contributed by atoms with E-state index in [1.165, 1.54) is 11.1 Å². The van der Waals surface area contributed by atoms with Crippen molar-refractivity contribution < 1.29 is 0 Å². The molecule has 0 aliphatic rings. The Morgan fingerprint density at radius 3 is 1.12 bits per heavy atom. The number of hydrogen-bond donors (Lipinski definition) is 0. The molecule has 0 saturated heterocycles. The molecule has 0 unspecified atom stereocenters. The highest BCUT2D eigenvalue weighted by molar-refractivity contribution is 7.78. The molecule has 0 aliphatic carbocycles. The van der Waals surface area contributed by atoms with E-state index in [1.54, 1.807) is 0 Å². The zero-order chi connectivity index (χ0) is 17.9. The highest BCUT2D eigenvalue weighted by Crippen LogP contribution is 2.19. The minimum Gasteiger partial charge on any atom is -0.195 e. The molecule has 24 heavy (non-hydrogen) atoms. The zero-order valence-electron chi connectivity index (χ0n) is 14.5. The number of nitrogens with zero attached hydrogens (tertiary/aromatic N) is 2. The van der Waals surface area contributed by atoms with Gasteiger partial charge in [-0.2, -0.15) is 9.98 Å². The van der Waals surface area contributed by atoms with E-state index in [9.17, 15) is 0 Å². The number of rotatable bonds is 4. The van der Waals surface area contributed by atoms with Gasteiger partial charge < -0.3 is 0 Å². The first-order chi connectivity index (χ1) is 11.5. The minimum atomic E-state index is 0.565. The molecule has 2 nitrogen and oxygen atoms in total. The van der Waals surface area contributed by atoms with Crippen LogP contribution in [0.1, 0.15) is 50.7 Å². The third-order valence-corrected chi connectivity index (χ3v) is 3.65. The van der Waals surface area contributed by atoms with Crippen LogP contribution in [-0.4, -0.2) is 10.3 Å². The second-order valence-electron chi connectivity index (χ2n) is 5.90. The topological polar surface area (TPSA) is 24.7 Å². The third-order valence-electron chi connectivity index (χ3n) is 3.47. The average molecular weight is 355 g/mol. The lowest BCUT2D eigenvalue weighted by Crippen LogP contribution is -1.84. The van der Waals surface area contributed by atoms with Gasteiger partial charge in [-0.05, 0) is 71.7 Å². The average Bonchev–Trinajstić information content (AvgIpc) is 2.57. The van der Waals surface area contributed by atoms with Gasteiger partial charge in [-0.1, -0.05) is 52.0 Å². The van der Waals surface area contributed by atoms with E-state index in [-0.39, 0.29) is 0 Å². The first-order valence-electron chi connectivity index (χ1n) is 7.83. The standard InChI is InChI=1S/2C10H11NS/c2*1-8(2)9-3-5-10(6-4-9)11-7-12/h2*3-6,8H,1-2H3. The molecule has 124 valence electrons. The molecule has 2 rings (SSSR count). The van der Waals surface area contributed by atoms with Crippen LogP contribution in [0.25, 0.3) is 0 Å². The predicted molar refractivity (Wildman–Crippen MR) is 110 cm³/mol. The first kappa shape index (κ1) is 20.1. The first-order valence-corrected chi connectivity index (χ1v) is 8.65. The fourth-order valence-corrected chi connectivity index (χ4v) is 2.18. The summed E-state index contributed by atoms with van der Waals surface area (Å²) in [4.78, 5) is 7.74. The summed E-state index contributed by atoms with van der Waals surface area (Å²) in [5.41, 5.74) is 4.38. The minimum absolute atomic E-state index is 0.565. The molecule has 0 atom stereocenters. The summed E-state index contributed by atoms with van der Waals surface area (Å²) in [6.07, 6.45) is 0. The molecule has 0 saturated carbocycles. The molecule has 0 N–H and O–H groups in total. The van der Waals surface area contributed by atoms with Crippen LogP contribution in [0.3, 0.4) is 0 Å². The molecule has 2 aromatic carbocycles. The Balaban J connectivity index is 0.000000240. The van der Waals surface area contributed by atoms with Crippen molar-refractivity contribution >= 4 is 46.1 Å². The molecule has 0 radical (unpaired) electrons. The van der Waals surface area contributed by atoms with E-state index >= 15 is 0 Å². The lowest BCUT2D eigenvalue weighted by atomic mass is 10.0. The summed E-state index contributed by atoms with van der Waals surface area (Å²) >= 11 is 9.00. The van der Waals surface area contributed by atoms with Crippen LogP contribution in [0.2, 0.25) is 0 Å². The lowest BCUT2D eigenvalue weighted by Gasteiger charge is -2.03. The molecule has 2 aromatic rings. The fourth-order valence-electron chi connectivity index (χ4n) is 1.97. The van der Waals surface area contributed by atoms with Crippen molar-refractivity contribution in [1.29, 1.82) is 0 Å². The Morgan fingerprint density at radius 1 is 0.625 bits per heavy atom. The molecular formula is C20H22N2S2. The summed E-state index contributed by atoms with van der Waals surface area (Å²) in [7, 11) is 0. The van der Waals surface area contributed by atoms with Crippen molar-refractivity contribution in [3.05, 3.63) is 59.7 Å². The van der Waals surface area contributed by atoms with E-state index in [0.29, 0.717) is 11.8 Å². The van der Waals surface area contributed by atoms with Crippen LogP contribution in [0.15, 0.2) is 58.5 Å². The summed E-state index contributed by atoms with van der Waals surface area (Å²) in [5.74, 6) is 1.13. The van der Waals surface area contributed by atoms with Gasteiger partial charge >= 0.3 is 0 Å². The van der Waals surface area contributed by atoms with Gasteiger partial charge in [-0.3, -0.25) is 0 Å². The summed E-state index contributed by atoms with van der Waals surface area (Å²) in [5, 5.41) is 4.68. The van der Waals surface area contributed by atoms with Crippen LogP contribution in [0, 0.1) is 0 Å². The number of isothiocyanates is 2. The Bertz CT molecular complexity index is 654. The molecule has 0 fully saturated rings. The van der Waals surface area contributed by atoms with Gasteiger partial charge in [-0.25, -0.2) is 0 Å². The molecule has 0 amide bonds. The van der Waals surface area contributed by atoms with E-state index in [4.69, 9.17) is 0 Å². The molecule has 0 spiro atoms. The smallest absolute Gasteiger partial charge is 0.0739 e. The Kier molecular flexibility index (Phi) is 8.99. The van der Waals surface area contributed by atoms with Gasteiger partial charge in [0, 0.05) is 0 Å². The maximum Gasteiger partial charge on any atom is 0.0739 e. The Hall–Kier alpha value is -1.96. The largest absolute Gasteiger partial charge is 0.195 e. The summed E-state index contributed by atoms with van der Waals surface area (Å²) in [6.45, 7) is 8.66. The lowest BCUT2D eigenvalue weighted by molar-refractivity contribution is 0.867. The van der Waals surface area contributed by atoms with Crippen LogP contribution < -0.4 is 0 Å². The third kappa shape index (κ3) is 7.08. The van der Waals surface area contributed by atoms with Crippen LogP contribution in [-0.2, 0) is 0 Å². The van der Waals surface area contributed by atoms with Gasteiger partial charge in [0.2, 0.25) is 0 Å². The molecule has 0 bridgehead atoms. The van der Waals surface area contributed by atoms with Gasteiger partial charge in [0.05, 0.1) is 21.7 Å². The van der Waals surface area contributed by atoms with E-state index in [0.717, 1.165) is 11.4 Å². The summed E-state index contributed by atoms with van der Waals surface area (Å²) in [6, 6.07) is 16.1. The summed E-state index contributed by atoms with van der Waals surface area (Å²) < 4.78 is 0. The molecule has 0 aromatic heterocycles. The number of benzene rings is 2. The molecule has 0 aliphatic heterocycles. The van der Waals surface area contributed by atoms with Crippen molar-refractivity contribution in [3.63, 3.8) is 0 Å². The SMILES string of the molecule is CC(C)c1ccc(N=C=S)cc1.CC(C)c1ccc(N=C=S)cc1. The monoisotopic (exact) mass is 354 g/mol. The molecular weight excluding hydrogens is 332 g/mol. The van der Waals surface area contributed by atoms with Gasteiger partial charge in [-0.15, -0.1) is 0 Å². The fraction of sp³-hybridized carbons (Fsp3) is 0.300. The normalized spacial score (nSPS) is 9.58. The molecule has 4 heteroatoms. The number of aliphatic imine (C=N–C) groups is 2. The van der Waals surface area contributed by atoms with Crippen LogP contribution in [0.4, 0.5) is 11.4 Å². The van der Waals surface area contributed by atoms with Crippen LogP contribution >= 0.6 is 24.4 Å². The highest BCUT2D eigenvalue weighted by Gasteiger charge is 1.97. The second-order valence-corrected chi connectivity index (χ2v) is 6.26. The number of thiocarbonyl (C=S) groups is 2. The maximum atomic E-state index is 4.50. The van der Waals surface area contributed by atoms with Crippen molar-refractivity contribution in [2.24, 2.45) is 9.98 Å². The molecule has 0 heterocycles. The van der Waals surface area contributed by atoms with Crippen molar-refractivity contribution in [1.82, 2.24) is 0 Å². The quantitative estimate of drug-likeness (QED) is 0.432. The van der Waals surface area contributed by atoms with Gasteiger partial charge in [0.15, 0.2) is 0 Å². The Morgan fingerprint density at radius 2 is 0.917 bits per heavy atom. The van der Waals surface area contributed by atoms with E-state index < -0.39 is 0 Å². The van der Waals surface area contributed by atoms with Crippen LogP contribution in [0.5, 0.6) is 0 Å². The maximum absolute atomic E-state index is 4.50. The zero-order valence-corrected chi connectivity index (χ0v) is 16.1. The number of hydrogen-bond acceptors (Lipinski definition) is 4. The van der Waals surface area contributed by atoms with Gasteiger partial charge in [0.1, 0.15) is 0 Å². The van der Waals surface area contributed by atoms with Crippen molar-refractivity contribution in [3.8, 4) is 0 Å². The van der Waals surface area contributed by atoms with Crippen molar-refractivity contribution in [2.75, 3.05) is 0 Å². The second kappa shape index (κ2) is 10.7. The highest BCUT2D eigenvalue weighted by atomic mass is 32.1. The van der Waals surface area contributed by atoms with E-state index in [1.807, 2.05) is 24.3 Å². The predicted octanol–water partition coefficient (Wildman–Crippen LogP) is 7.09.